The van der Waals surface area contributed by atoms with Crippen LogP contribution in [0, 0.1) is 5.92 Å². The highest BCUT2D eigenvalue weighted by Crippen LogP contribution is 2.16. The molecule has 1 aromatic heterocycles. The highest BCUT2D eigenvalue weighted by Gasteiger charge is 2.11. The van der Waals surface area contributed by atoms with E-state index in [1.807, 2.05) is 6.20 Å². The Morgan fingerprint density at radius 2 is 1.94 bits per heavy atom. The lowest BCUT2D eigenvalue weighted by molar-refractivity contribution is 0.484. The first-order valence-corrected chi connectivity index (χ1v) is 7.15. The molecule has 1 rings (SSSR count). The number of nitrogens with two attached hydrogens (primary N) is 1. The number of anilines is 1. The fraction of sp³-hybridized carbons (Fsp3) is 0.667. The smallest absolute Gasteiger partial charge is 0.128 e. The minimum absolute atomic E-state index is 0.687. The van der Waals surface area contributed by atoms with Crippen LogP contribution in [0.2, 0.25) is 0 Å². The van der Waals surface area contributed by atoms with E-state index in [4.69, 9.17) is 5.73 Å². The molecule has 0 aromatic carbocycles. The van der Waals surface area contributed by atoms with Gasteiger partial charge in [-0.2, -0.15) is 0 Å². The van der Waals surface area contributed by atoms with Crippen LogP contribution in [0.5, 0.6) is 0 Å². The predicted molar refractivity (Wildman–Crippen MR) is 79.0 cm³/mol. The van der Waals surface area contributed by atoms with Crippen molar-refractivity contribution in [2.24, 2.45) is 11.7 Å². The molecule has 2 N–H and O–H groups in total. The summed E-state index contributed by atoms with van der Waals surface area (Å²) in [6, 6.07) is 4.27. The van der Waals surface area contributed by atoms with Crippen molar-refractivity contribution in [3.8, 4) is 0 Å². The summed E-state index contributed by atoms with van der Waals surface area (Å²) in [5.74, 6) is 1.85. The number of pyridine rings is 1. The minimum Gasteiger partial charge on any atom is -0.357 e. The molecular formula is C15H27N3. The van der Waals surface area contributed by atoms with Crippen molar-refractivity contribution in [2.75, 3.05) is 24.5 Å². The van der Waals surface area contributed by atoms with Crippen LogP contribution in [0.1, 0.15) is 39.2 Å². The van der Waals surface area contributed by atoms with Gasteiger partial charge in [-0.25, -0.2) is 4.98 Å². The second-order valence-corrected chi connectivity index (χ2v) is 4.78. The van der Waals surface area contributed by atoms with E-state index in [1.54, 1.807) is 0 Å². The van der Waals surface area contributed by atoms with E-state index in [9.17, 15) is 0 Å². The molecule has 102 valence electrons. The molecular weight excluding hydrogens is 222 g/mol. The summed E-state index contributed by atoms with van der Waals surface area (Å²) < 4.78 is 0. The predicted octanol–water partition coefficient (Wildman–Crippen LogP) is 2.85. The van der Waals surface area contributed by atoms with Gasteiger partial charge in [-0.15, -0.1) is 0 Å². The Kier molecular flexibility index (Phi) is 6.73. The van der Waals surface area contributed by atoms with Gasteiger partial charge in [0.05, 0.1) is 0 Å². The van der Waals surface area contributed by atoms with Crippen LogP contribution in [-0.2, 0) is 6.42 Å². The van der Waals surface area contributed by atoms with E-state index in [0.717, 1.165) is 31.2 Å². The molecule has 0 bridgehead atoms. The zero-order valence-corrected chi connectivity index (χ0v) is 12.0. The van der Waals surface area contributed by atoms with Crippen molar-refractivity contribution >= 4 is 5.82 Å². The van der Waals surface area contributed by atoms with Crippen LogP contribution >= 0.6 is 0 Å². The summed E-state index contributed by atoms with van der Waals surface area (Å²) in [5.41, 5.74) is 6.77. The van der Waals surface area contributed by atoms with Gasteiger partial charge < -0.3 is 10.6 Å². The number of hydrogen-bond donors (Lipinski definition) is 1. The van der Waals surface area contributed by atoms with Gasteiger partial charge in [-0.1, -0.05) is 32.8 Å². The molecule has 0 aliphatic rings. The Bertz CT molecular complexity index is 317. The molecule has 0 unspecified atom stereocenters. The lowest BCUT2D eigenvalue weighted by Crippen LogP contribution is -2.29. The third-order valence-electron chi connectivity index (χ3n) is 3.58. The van der Waals surface area contributed by atoms with Crippen LogP contribution < -0.4 is 10.6 Å². The van der Waals surface area contributed by atoms with Gasteiger partial charge in [-0.05, 0) is 37.4 Å². The fourth-order valence-electron chi connectivity index (χ4n) is 2.16. The van der Waals surface area contributed by atoms with Crippen LogP contribution in [0.4, 0.5) is 5.82 Å². The van der Waals surface area contributed by atoms with Gasteiger partial charge in [0.15, 0.2) is 0 Å². The van der Waals surface area contributed by atoms with Gasteiger partial charge in [0.2, 0.25) is 0 Å². The quantitative estimate of drug-likeness (QED) is 0.770. The summed E-state index contributed by atoms with van der Waals surface area (Å²) in [6.07, 6.45) is 5.33. The second kappa shape index (κ2) is 8.09. The average molecular weight is 249 g/mol. The summed E-state index contributed by atoms with van der Waals surface area (Å²) in [7, 11) is 0. The van der Waals surface area contributed by atoms with E-state index >= 15 is 0 Å². The Morgan fingerprint density at radius 1 is 1.22 bits per heavy atom. The molecule has 0 fully saturated rings. The first kappa shape index (κ1) is 15.0. The largest absolute Gasteiger partial charge is 0.357 e. The van der Waals surface area contributed by atoms with Crippen molar-refractivity contribution in [2.45, 2.75) is 40.0 Å². The lowest BCUT2D eigenvalue weighted by Gasteiger charge is -2.26. The van der Waals surface area contributed by atoms with Crippen LogP contribution in [0.15, 0.2) is 18.3 Å². The van der Waals surface area contributed by atoms with Crippen LogP contribution in [-0.4, -0.2) is 24.6 Å². The van der Waals surface area contributed by atoms with Gasteiger partial charge in [0.1, 0.15) is 5.82 Å². The zero-order chi connectivity index (χ0) is 13.4. The second-order valence-electron chi connectivity index (χ2n) is 4.78. The van der Waals surface area contributed by atoms with E-state index < -0.39 is 0 Å². The standard InChI is InChI=1S/C15H27N3/c1-4-13(5-2)12-18(6-3)15-8-7-14(9-10-16)11-17-15/h7-8,11,13H,4-6,9-10,12,16H2,1-3H3. The molecule has 0 radical (unpaired) electrons. The first-order chi connectivity index (χ1) is 8.74. The number of hydrogen-bond acceptors (Lipinski definition) is 3. The third-order valence-corrected chi connectivity index (χ3v) is 3.58. The molecule has 0 aliphatic heterocycles. The molecule has 0 aliphatic carbocycles. The fourth-order valence-corrected chi connectivity index (χ4v) is 2.16. The van der Waals surface area contributed by atoms with Crippen molar-refractivity contribution in [1.29, 1.82) is 0 Å². The summed E-state index contributed by atoms with van der Waals surface area (Å²) >= 11 is 0. The molecule has 3 nitrogen and oxygen atoms in total. The Balaban J connectivity index is 2.69. The number of nitrogens with zero attached hydrogens (tertiary/aromatic N) is 2. The van der Waals surface area contributed by atoms with Crippen molar-refractivity contribution < 1.29 is 0 Å². The lowest BCUT2D eigenvalue weighted by atomic mass is 10.0. The minimum atomic E-state index is 0.687. The monoisotopic (exact) mass is 249 g/mol. The molecule has 0 atom stereocenters. The average Bonchev–Trinajstić information content (AvgIpc) is 2.42. The normalized spacial score (nSPS) is 10.9. The zero-order valence-electron chi connectivity index (χ0n) is 12.0. The molecule has 3 heteroatoms. The van der Waals surface area contributed by atoms with E-state index in [0.29, 0.717) is 6.54 Å². The van der Waals surface area contributed by atoms with Gasteiger partial charge in [-0.3, -0.25) is 0 Å². The first-order valence-electron chi connectivity index (χ1n) is 7.15. The SMILES string of the molecule is CCC(CC)CN(CC)c1ccc(CCN)cn1. The molecule has 0 amide bonds. The summed E-state index contributed by atoms with van der Waals surface area (Å²) in [6.45, 7) is 9.52. The maximum absolute atomic E-state index is 5.55. The van der Waals surface area contributed by atoms with Crippen LogP contribution in [0.25, 0.3) is 0 Å². The topological polar surface area (TPSA) is 42.1 Å². The van der Waals surface area contributed by atoms with E-state index in [-0.39, 0.29) is 0 Å². The van der Waals surface area contributed by atoms with Crippen molar-refractivity contribution in [3.05, 3.63) is 23.9 Å². The van der Waals surface area contributed by atoms with Gasteiger partial charge in [0, 0.05) is 19.3 Å². The molecule has 0 saturated heterocycles. The molecule has 18 heavy (non-hydrogen) atoms. The Hall–Kier alpha value is -1.09. The maximum atomic E-state index is 5.55. The van der Waals surface area contributed by atoms with Crippen molar-refractivity contribution in [1.82, 2.24) is 4.98 Å². The Labute approximate surface area is 111 Å². The highest BCUT2D eigenvalue weighted by molar-refractivity contribution is 5.39. The number of rotatable bonds is 8. The Morgan fingerprint density at radius 3 is 2.39 bits per heavy atom. The summed E-state index contributed by atoms with van der Waals surface area (Å²) in [5, 5.41) is 0. The van der Waals surface area contributed by atoms with E-state index in [1.165, 1.54) is 18.4 Å². The molecule has 0 spiro atoms. The van der Waals surface area contributed by atoms with Gasteiger partial charge in [0.25, 0.3) is 0 Å². The number of aromatic nitrogens is 1. The third kappa shape index (κ3) is 4.30. The highest BCUT2D eigenvalue weighted by atomic mass is 15.2. The van der Waals surface area contributed by atoms with Gasteiger partial charge >= 0.3 is 0 Å². The molecule has 1 aromatic rings. The molecule has 1 heterocycles. The maximum Gasteiger partial charge on any atom is 0.128 e. The molecule has 0 saturated carbocycles. The van der Waals surface area contributed by atoms with Crippen molar-refractivity contribution in [3.63, 3.8) is 0 Å². The summed E-state index contributed by atoms with van der Waals surface area (Å²) in [4.78, 5) is 6.93. The van der Waals surface area contributed by atoms with Crippen LogP contribution in [0.3, 0.4) is 0 Å². The van der Waals surface area contributed by atoms with E-state index in [2.05, 4.69) is 42.8 Å².